The first-order valence-electron chi connectivity index (χ1n) is 7.05. The number of carbonyl (C=O) groups is 1. The smallest absolute Gasteiger partial charge is 0.305 e. The SMILES string of the molecule is CCOC(=O)CCCC(N)c1cc(C)c(OC)cc1C. The third kappa shape index (κ3) is 4.53. The fourth-order valence-electron chi connectivity index (χ4n) is 2.29. The second-order valence-electron chi connectivity index (χ2n) is 4.98. The predicted molar refractivity (Wildman–Crippen MR) is 79.9 cm³/mol. The summed E-state index contributed by atoms with van der Waals surface area (Å²) >= 11 is 0. The molecule has 1 aromatic rings. The van der Waals surface area contributed by atoms with Crippen LogP contribution in [0.5, 0.6) is 5.75 Å². The van der Waals surface area contributed by atoms with Gasteiger partial charge in [-0.1, -0.05) is 6.07 Å². The molecule has 0 aliphatic carbocycles. The molecule has 0 saturated heterocycles. The first-order valence-corrected chi connectivity index (χ1v) is 7.05. The molecule has 0 heterocycles. The van der Waals surface area contributed by atoms with E-state index in [1.165, 1.54) is 0 Å². The molecule has 4 heteroatoms. The van der Waals surface area contributed by atoms with Gasteiger partial charge in [0.15, 0.2) is 0 Å². The van der Waals surface area contributed by atoms with Crippen LogP contribution in [0.25, 0.3) is 0 Å². The summed E-state index contributed by atoms with van der Waals surface area (Å²) in [7, 11) is 1.67. The third-order valence-corrected chi connectivity index (χ3v) is 3.38. The maximum absolute atomic E-state index is 11.3. The largest absolute Gasteiger partial charge is 0.496 e. The lowest BCUT2D eigenvalue weighted by molar-refractivity contribution is -0.143. The second-order valence-corrected chi connectivity index (χ2v) is 4.98. The van der Waals surface area contributed by atoms with E-state index in [9.17, 15) is 4.79 Å². The Bertz CT molecular complexity index is 457. The number of aryl methyl sites for hydroxylation is 2. The van der Waals surface area contributed by atoms with Crippen LogP contribution < -0.4 is 10.5 Å². The van der Waals surface area contributed by atoms with Crippen LogP contribution in [0.4, 0.5) is 0 Å². The molecule has 1 atom stereocenters. The normalized spacial score (nSPS) is 12.1. The van der Waals surface area contributed by atoms with Gasteiger partial charge in [-0.15, -0.1) is 0 Å². The standard InChI is InChI=1S/C16H25NO3/c1-5-20-16(18)8-6-7-14(17)13-9-12(3)15(19-4)10-11(13)2/h9-10,14H,5-8,17H2,1-4H3. The summed E-state index contributed by atoms with van der Waals surface area (Å²) in [5.74, 6) is 0.729. The molecule has 112 valence electrons. The number of ether oxygens (including phenoxy) is 2. The number of benzene rings is 1. The fourth-order valence-corrected chi connectivity index (χ4v) is 2.29. The lowest BCUT2D eigenvalue weighted by atomic mass is 9.95. The molecule has 0 saturated carbocycles. The van der Waals surface area contributed by atoms with Gasteiger partial charge in [0.05, 0.1) is 13.7 Å². The van der Waals surface area contributed by atoms with Crippen molar-refractivity contribution in [3.05, 3.63) is 28.8 Å². The van der Waals surface area contributed by atoms with Gasteiger partial charge in [0.25, 0.3) is 0 Å². The van der Waals surface area contributed by atoms with Gasteiger partial charge in [-0.3, -0.25) is 4.79 Å². The lowest BCUT2D eigenvalue weighted by Gasteiger charge is -2.17. The Balaban J connectivity index is 2.61. The van der Waals surface area contributed by atoms with Gasteiger partial charge in [0.2, 0.25) is 0 Å². The van der Waals surface area contributed by atoms with E-state index < -0.39 is 0 Å². The quantitative estimate of drug-likeness (QED) is 0.779. The molecule has 4 nitrogen and oxygen atoms in total. The Morgan fingerprint density at radius 2 is 2.00 bits per heavy atom. The third-order valence-electron chi connectivity index (χ3n) is 3.38. The van der Waals surface area contributed by atoms with Crippen molar-refractivity contribution in [1.82, 2.24) is 0 Å². The molecule has 1 rings (SSSR count). The maximum Gasteiger partial charge on any atom is 0.305 e. The number of nitrogens with two attached hydrogens (primary N) is 1. The van der Waals surface area contributed by atoms with Crippen molar-refractivity contribution in [1.29, 1.82) is 0 Å². The molecule has 0 aliphatic heterocycles. The average molecular weight is 279 g/mol. The van der Waals surface area contributed by atoms with Gasteiger partial charge in [0, 0.05) is 12.5 Å². The van der Waals surface area contributed by atoms with Crippen LogP contribution in [0.1, 0.15) is 48.9 Å². The number of carbonyl (C=O) groups excluding carboxylic acids is 1. The molecule has 0 aliphatic rings. The van der Waals surface area contributed by atoms with Gasteiger partial charge in [-0.05, 0) is 56.4 Å². The first kappa shape index (κ1) is 16.5. The summed E-state index contributed by atoms with van der Waals surface area (Å²) in [4.78, 5) is 11.3. The highest BCUT2D eigenvalue weighted by atomic mass is 16.5. The first-order chi connectivity index (χ1) is 9.49. The van der Waals surface area contributed by atoms with E-state index in [4.69, 9.17) is 15.2 Å². The summed E-state index contributed by atoms with van der Waals surface area (Å²) in [6, 6.07) is 4.02. The Hall–Kier alpha value is -1.55. The highest BCUT2D eigenvalue weighted by Crippen LogP contribution is 2.27. The van der Waals surface area contributed by atoms with Crippen LogP contribution in [-0.4, -0.2) is 19.7 Å². The molecular formula is C16H25NO3. The molecule has 0 fully saturated rings. The van der Waals surface area contributed by atoms with E-state index in [1.807, 2.05) is 26.8 Å². The topological polar surface area (TPSA) is 61.5 Å². The molecule has 0 aromatic heterocycles. The lowest BCUT2D eigenvalue weighted by Crippen LogP contribution is -2.13. The van der Waals surface area contributed by atoms with Gasteiger partial charge < -0.3 is 15.2 Å². The number of hydrogen-bond acceptors (Lipinski definition) is 4. The van der Waals surface area contributed by atoms with Crippen molar-refractivity contribution in [3.8, 4) is 5.75 Å². The van der Waals surface area contributed by atoms with Crippen molar-refractivity contribution >= 4 is 5.97 Å². The number of hydrogen-bond donors (Lipinski definition) is 1. The summed E-state index contributed by atoms with van der Waals surface area (Å²) in [6.45, 7) is 6.28. The highest BCUT2D eigenvalue weighted by Gasteiger charge is 2.13. The predicted octanol–water partition coefficient (Wildman–Crippen LogP) is 3.05. The van der Waals surface area contributed by atoms with Gasteiger partial charge in [-0.25, -0.2) is 0 Å². The number of methoxy groups -OCH3 is 1. The molecule has 20 heavy (non-hydrogen) atoms. The Morgan fingerprint density at radius 3 is 2.60 bits per heavy atom. The minimum atomic E-state index is -0.151. The van der Waals surface area contributed by atoms with Crippen LogP contribution in [0.3, 0.4) is 0 Å². The Morgan fingerprint density at radius 1 is 1.30 bits per heavy atom. The van der Waals surface area contributed by atoms with Crippen molar-refractivity contribution in [3.63, 3.8) is 0 Å². The van der Waals surface area contributed by atoms with E-state index in [2.05, 4.69) is 6.07 Å². The molecule has 1 aromatic carbocycles. The van der Waals surface area contributed by atoms with E-state index in [-0.39, 0.29) is 12.0 Å². The molecule has 1 unspecified atom stereocenters. The van der Waals surface area contributed by atoms with Gasteiger partial charge >= 0.3 is 5.97 Å². The zero-order valence-corrected chi connectivity index (χ0v) is 12.9. The van der Waals surface area contributed by atoms with E-state index >= 15 is 0 Å². The fraction of sp³-hybridized carbons (Fsp3) is 0.562. The number of esters is 1. The maximum atomic E-state index is 11.3. The summed E-state index contributed by atoms with van der Waals surface area (Å²) < 4.78 is 10.2. The van der Waals surface area contributed by atoms with Crippen LogP contribution in [-0.2, 0) is 9.53 Å². The second kappa shape index (κ2) is 7.90. The van der Waals surface area contributed by atoms with Crippen LogP contribution in [0, 0.1) is 13.8 Å². The average Bonchev–Trinajstić information content (AvgIpc) is 2.41. The van der Waals surface area contributed by atoms with Crippen LogP contribution in [0.15, 0.2) is 12.1 Å². The van der Waals surface area contributed by atoms with E-state index in [0.29, 0.717) is 13.0 Å². The zero-order chi connectivity index (χ0) is 15.1. The van der Waals surface area contributed by atoms with Crippen molar-refractivity contribution < 1.29 is 14.3 Å². The van der Waals surface area contributed by atoms with Crippen molar-refractivity contribution in [2.75, 3.05) is 13.7 Å². The summed E-state index contributed by atoms with van der Waals surface area (Å²) in [5, 5.41) is 0. The van der Waals surface area contributed by atoms with Gasteiger partial charge in [0.1, 0.15) is 5.75 Å². The monoisotopic (exact) mass is 279 g/mol. The van der Waals surface area contributed by atoms with Crippen molar-refractivity contribution in [2.45, 2.75) is 46.1 Å². The van der Waals surface area contributed by atoms with Crippen LogP contribution >= 0.6 is 0 Å². The minimum absolute atomic E-state index is 0.0611. The highest BCUT2D eigenvalue weighted by molar-refractivity contribution is 5.69. The van der Waals surface area contributed by atoms with Crippen LogP contribution in [0.2, 0.25) is 0 Å². The molecule has 2 N–H and O–H groups in total. The molecular weight excluding hydrogens is 254 g/mol. The minimum Gasteiger partial charge on any atom is -0.496 e. The Kier molecular flexibility index (Phi) is 6.52. The van der Waals surface area contributed by atoms with Crippen molar-refractivity contribution in [2.24, 2.45) is 5.73 Å². The molecule has 0 bridgehead atoms. The van der Waals surface area contributed by atoms with Gasteiger partial charge in [-0.2, -0.15) is 0 Å². The zero-order valence-electron chi connectivity index (χ0n) is 12.9. The molecule has 0 radical (unpaired) electrons. The molecule has 0 spiro atoms. The summed E-state index contributed by atoms with van der Waals surface area (Å²) in [6.07, 6.45) is 1.94. The van der Waals surface area contributed by atoms with E-state index in [0.717, 1.165) is 35.3 Å². The molecule has 0 amide bonds. The number of rotatable bonds is 7. The van der Waals surface area contributed by atoms with E-state index in [1.54, 1.807) is 7.11 Å². The summed E-state index contributed by atoms with van der Waals surface area (Å²) in [5.41, 5.74) is 9.54. The Labute approximate surface area is 121 Å².